The number of fused-ring (bicyclic) bond motifs is 1. The first-order valence-corrected chi connectivity index (χ1v) is 6.45. The zero-order valence-corrected chi connectivity index (χ0v) is 10.2. The molecule has 0 atom stereocenters. The lowest BCUT2D eigenvalue weighted by Gasteiger charge is -1.89. The van der Waals surface area contributed by atoms with Crippen LogP contribution in [0.3, 0.4) is 0 Å². The van der Waals surface area contributed by atoms with Crippen LogP contribution in [0.4, 0.5) is 5.13 Å². The minimum absolute atomic E-state index is 0.277. The fraction of sp³-hybridized carbons (Fsp3) is 0. The number of nitrogens with zero attached hydrogens (tertiary/aromatic N) is 3. The minimum atomic E-state index is 0.277. The summed E-state index contributed by atoms with van der Waals surface area (Å²) in [6, 6.07) is 7.72. The normalized spacial score (nSPS) is 11.5. The van der Waals surface area contributed by atoms with Gasteiger partial charge < -0.3 is 5.11 Å². The summed E-state index contributed by atoms with van der Waals surface area (Å²) < 4.78 is 4.90. The van der Waals surface area contributed by atoms with Gasteiger partial charge in [-0.3, -0.25) is 0 Å². The van der Waals surface area contributed by atoms with Gasteiger partial charge in [-0.15, -0.1) is 11.3 Å². The first-order chi connectivity index (χ1) is 8.34. The van der Waals surface area contributed by atoms with E-state index in [0.29, 0.717) is 5.13 Å². The molecule has 2 heterocycles. The number of hydrogen-bond donors (Lipinski definition) is 1. The van der Waals surface area contributed by atoms with E-state index in [1.54, 1.807) is 6.21 Å². The van der Waals surface area contributed by atoms with Crippen LogP contribution in [-0.4, -0.2) is 20.7 Å². The SMILES string of the molecule is Oc1c(/C=N/c2ncns2)sc2ccccc12. The van der Waals surface area contributed by atoms with Crippen LogP contribution < -0.4 is 0 Å². The summed E-state index contributed by atoms with van der Waals surface area (Å²) in [5.74, 6) is 0.277. The highest BCUT2D eigenvalue weighted by atomic mass is 32.1. The lowest BCUT2D eigenvalue weighted by atomic mass is 10.2. The smallest absolute Gasteiger partial charge is 0.228 e. The zero-order valence-electron chi connectivity index (χ0n) is 8.57. The molecule has 17 heavy (non-hydrogen) atoms. The number of benzene rings is 1. The van der Waals surface area contributed by atoms with E-state index in [1.807, 2.05) is 24.3 Å². The van der Waals surface area contributed by atoms with E-state index >= 15 is 0 Å². The molecule has 0 spiro atoms. The first kappa shape index (κ1) is 10.4. The van der Waals surface area contributed by atoms with Gasteiger partial charge in [0.25, 0.3) is 0 Å². The van der Waals surface area contributed by atoms with Crippen LogP contribution in [0.1, 0.15) is 4.88 Å². The second-order valence-corrected chi connectivity index (χ2v) is 5.14. The van der Waals surface area contributed by atoms with Gasteiger partial charge in [0.1, 0.15) is 12.1 Å². The van der Waals surface area contributed by atoms with Crippen molar-refractivity contribution in [2.24, 2.45) is 4.99 Å². The quantitative estimate of drug-likeness (QED) is 0.721. The molecule has 0 aliphatic heterocycles. The Morgan fingerprint density at radius 3 is 2.94 bits per heavy atom. The van der Waals surface area contributed by atoms with Crippen LogP contribution in [0, 0.1) is 0 Å². The van der Waals surface area contributed by atoms with Gasteiger partial charge in [0, 0.05) is 21.6 Å². The lowest BCUT2D eigenvalue weighted by Crippen LogP contribution is -1.73. The van der Waals surface area contributed by atoms with E-state index in [4.69, 9.17) is 0 Å². The highest BCUT2D eigenvalue weighted by Gasteiger charge is 2.08. The van der Waals surface area contributed by atoms with Crippen molar-refractivity contribution in [1.29, 1.82) is 0 Å². The molecule has 2 aromatic heterocycles. The van der Waals surface area contributed by atoms with Gasteiger partial charge in [0.05, 0.1) is 11.1 Å². The Hall–Kier alpha value is -1.79. The topological polar surface area (TPSA) is 58.4 Å². The highest BCUT2D eigenvalue weighted by Crippen LogP contribution is 2.35. The van der Waals surface area contributed by atoms with Crippen molar-refractivity contribution < 1.29 is 5.11 Å². The predicted molar refractivity (Wildman–Crippen MR) is 70.7 cm³/mol. The fourth-order valence-electron chi connectivity index (χ4n) is 1.48. The number of hydrogen-bond acceptors (Lipinski definition) is 6. The summed E-state index contributed by atoms with van der Waals surface area (Å²) in [6.07, 6.45) is 3.09. The largest absolute Gasteiger partial charge is 0.506 e. The van der Waals surface area contributed by atoms with Gasteiger partial charge in [-0.05, 0) is 12.1 Å². The van der Waals surface area contributed by atoms with Gasteiger partial charge in [-0.25, -0.2) is 9.98 Å². The molecular formula is C11H7N3OS2. The Morgan fingerprint density at radius 2 is 2.18 bits per heavy atom. The third kappa shape index (κ3) is 1.92. The van der Waals surface area contributed by atoms with E-state index in [-0.39, 0.29) is 5.75 Å². The highest BCUT2D eigenvalue weighted by molar-refractivity contribution is 7.21. The minimum Gasteiger partial charge on any atom is -0.506 e. The molecule has 6 heteroatoms. The molecule has 0 aliphatic rings. The average molecular weight is 261 g/mol. The van der Waals surface area contributed by atoms with Gasteiger partial charge in [-0.2, -0.15) is 4.37 Å². The molecule has 0 saturated carbocycles. The van der Waals surface area contributed by atoms with Crippen LogP contribution in [0.2, 0.25) is 0 Å². The maximum absolute atomic E-state index is 10.0. The molecule has 0 radical (unpaired) electrons. The molecule has 1 aromatic carbocycles. The number of thiophene rings is 1. The molecule has 84 valence electrons. The molecule has 4 nitrogen and oxygen atoms in total. The molecule has 0 aliphatic carbocycles. The Kier molecular flexibility index (Phi) is 2.58. The molecule has 0 amide bonds. The molecule has 1 N–H and O–H groups in total. The van der Waals surface area contributed by atoms with Crippen LogP contribution in [0.25, 0.3) is 10.1 Å². The fourth-order valence-corrected chi connectivity index (χ4v) is 2.83. The summed E-state index contributed by atoms with van der Waals surface area (Å²) in [4.78, 5) is 8.85. The molecular weight excluding hydrogens is 254 g/mol. The van der Waals surface area contributed by atoms with Crippen LogP contribution in [0.15, 0.2) is 35.6 Å². The molecule has 3 aromatic rings. The van der Waals surface area contributed by atoms with Crippen molar-refractivity contribution in [2.45, 2.75) is 0 Å². The Morgan fingerprint density at radius 1 is 1.29 bits per heavy atom. The van der Waals surface area contributed by atoms with Crippen molar-refractivity contribution in [1.82, 2.24) is 9.36 Å². The van der Waals surface area contributed by atoms with Crippen molar-refractivity contribution >= 4 is 44.3 Å². The first-order valence-electron chi connectivity index (χ1n) is 4.86. The maximum Gasteiger partial charge on any atom is 0.228 e. The summed E-state index contributed by atoms with van der Waals surface area (Å²) >= 11 is 2.72. The van der Waals surface area contributed by atoms with Crippen molar-refractivity contribution in [3.05, 3.63) is 35.5 Å². The third-order valence-corrected chi connectivity index (χ3v) is 3.91. The molecule has 3 rings (SSSR count). The van der Waals surface area contributed by atoms with E-state index in [9.17, 15) is 5.11 Å². The van der Waals surface area contributed by atoms with E-state index in [2.05, 4.69) is 14.3 Å². The van der Waals surface area contributed by atoms with E-state index in [0.717, 1.165) is 15.0 Å². The Labute approximate surface area is 105 Å². The molecule has 0 saturated heterocycles. The number of aliphatic imine (C=N–C) groups is 1. The van der Waals surface area contributed by atoms with Crippen LogP contribution in [-0.2, 0) is 0 Å². The van der Waals surface area contributed by atoms with Gasteiger partial charge in [0.2, 0.25) is 5.13 Å². The van der Waals surface area contributed by atoms with Crippen LogP contribution in [0.5, 0.6) is 5.75 Å². The summed E-state index contributed by atoms with van der Waals surface area (Å²) in [5, 5.41) is 11.4. The van der Waals surface area contributed by atoms with Crippen molar-refractivity contribution in [3.63, 3.8) is 0 Å². The number of rotatable bonds is 2. The van der Waals surface area contributed by atoms with Gasteiger partial charge in [0.15, 0.2) is 0 Å². The summed E-state index contributed by atoms with van der Waals surface area (Å²) in [7, 11) is 0. The monoisotopic (exact) mass is 261 g/mol. The standard InChI is InChI=1S/C11H7N3OS2/c15-10-7-3-1-2-4-8(7)16-9(10)5-12-11-13-6-14-17-11/h1-6,15H/b12-5+. The Balaban J connectivity index is 2.03. The maximum atomic E-state index is 10.0. The lowest BCUT2D eigenvalue weighted by molar-refractivity contribution is 0.483. The van der Waals surface area contributed by atoms with E-state index < -0.39 is 0 Å². The number of aromatic hydroxyl groups is 1. The number of aromatic nitrogens is 2. The molecule has 0 fully saturated rings. The zero-order chi connectivity index (χ0) is 11.7. The summed E-state index contributed by atoms with van der Waals surface area (Å²) in [5.41, 5.74) is 0. The third-order valence-electron chi connectivity index (χ3n) is 2.24. The van der Waals surface area contributed by atoms with E-state index in [1.165, 1.54) is 29.2 Å². The second kappa shape index (κ2) is 4.23. The predicted octanol–water partition coefficient (Wildman–Crippen LogP) is 3.21. The van der Waals surface area contributed by atoms with Crippen LogP contribution >= 0.6 is 22.9 Å². The average Bonchev–Trinajstić information content (AvgIpc) is 2.96. The van der Waals surface area contributed by atoms with Crippen molar-refractivity contribution in [2.75, 3.05) is 0 Å². The molecule has 0 unspecified atom stereocenters. The Bertz CT molecular complexity index is 673. The summed E-state index contributed by atoms with van der Waals surface area (Å²) in [6.45, 7) is 0. The van der Waals surface area contributed by atoms with Gasteiger partial charge in [-0.1, -0.05) is 12.1 Å². The second-order valence-electron chi connectivity index (χ2n) is 3.29. The molecule has 0 bridgehead atoms. The van der Waals surface area contributed by atoms with Crippen molar-refractivity contribution in [3.8, 4) is 5.75 Å². The van der Waals surface area contributed by atoms with Gasteiger partial charge >= 0.3 is 0 Å².